The van der Waals surface area contributed by atoms with Gasteiger partial charge in [0.25, 0.3) is 11.7 Å². The minimum atomic E-state index is -1.12. The molecule has 0 saturated carbocycles. The van der Waals surface area contributed by atoms with Crippen LogP contribution in [0.15, 0.2) is 12.1 Å². The first-order valence-corrected chi connectivity index (χ1v) is 7.01. The Bertz CT molecular complexity index is 548. The Morgan fingerprint density at radius 1 is 1.00 bits per heavy atom. The Hall–Kier alpha value is -1.49. The SMILES string of the molecule is O=C1C(=O)N(CCCCCCCl)c2cc(F)c(F)cc21. The predicted molar refractivity (Wildman–Crippen MR) is 72.2 cm³/mol. The second kappa shape index (κ2) is 6.31. The van der Waals surface area contributed by atoms with E-state index >= 15 is 0 Å². The lowest BCUT2D eigenvalue weighted by molar-refractivity contribution is -0.114. The van der Waals surface area contributed by atoms with Crippen molar-refractivity contribution in [3.05, 3.63) is 29.3 Å². The fraction of sp³-hybridized carbons (Fsp3) is 0.429. The van der Waals surface area contributed by atoms with Gasteiger partial charge in [-0.25, -0.2) is 8.78 Å². The summed E-state index contributed by atoms with van der Waals surface area (Å²) in [5, 5.41) is 0. The van der Waals surface area contributed by atoms with Crippen molar-refractivity contribution in [3.8, 4) is 0 Å². The summed E-state index contributed by atoms with van der Waals surface area (Å²) in [6, 6.07) is 1.70. The largest absolute Gasteiger partial charge is 0.305 e. The van der Waals surface area contributed by atoms with Crippen LogP contribution in [0.25, 0.3) is 0 Å². The maximum absolute atomic E-state index is 13.3. The minimum absolute atomic E-state index is 0.0605. The first-order valence-electron chi connectivity index (χ1n) is 6.47. The number of anilines is 1. The second-order valence-corrected chi connectivity index (χ2v) is 5.05. The Morgan fingerprint density at radius 3 is 2.35 bits per heavy atom. The first-order chi connectivity index (χ1) is 9.56. The van der Waals surface area contributed by atoms with Crippen LogP contribution in [0.1, 0.15) is 36.0 Å². The molecule has 0 fully saturated rings. The Kier molecular flexibility index (Phi) is 4.70. The number of ketones is 1. The molecule has 1 aliphatic rings. The summed E-state index contributed by atoms with van der Waals surface area (Å²) in [6.45, 7) is 0.324. The molecule has 3 nitrogen and oxygen atoms in total. The molecule has 1 aromatic carbocycles. The summed E-state index contributed by atoms with van der Waals surface area (Å²) in [4.78, 5) is 24.7. The van der Waals surface area contributed by atoms with Gasteiger partial charge in [0.15, 0.2) is 11.6 Å². The van der Waals surface area contributed by atoms with Gasteiger partial charge in [-0.15, -0.1) is 11.6 Å². The highest BCUT2D eigenvalue weighted by atomic mass is 35.5. The van der Waals surface area contributed by atoms with Crippen LogP contribution < -0.4 is 4.90 Å². The summed E-state index contributed by atoms with van der Waals surface area (Å²) in [6.07, 6.45) is 3.38. The Balaban J connectivity index is 2.10. The number of unbranched alkanes of at least 4 members (excludes halogenated alkanes) is 3. The number of benzene rings is 1. The molecule has 1 aliphatic heterocycles. The van der Waals surface area contributed by atoms with Crippen molar-refractivity contribution in [2.24, 2.45) is 0 Å². The van der Waals surface area contributed by atoms with Crippen LogP contribution in [0.2, 0.25) is 0 Å². The van der Waals surface area contributed by atoms with E-state index in [4.69, 9.17) is 11.6 Å². The molecule has 0 spiro atoms. The molecule has 0 radical (unpaired) electrons. The van der Waals surface area contributed by atoms with E-state index in [1.165, 1.54) is 4.90 Å². The zero-order valence-electron chi connectivity index (χ0n) is 10.8. The summed E-state index contributed by atoms with van der Waals surface area (Å²) in [7, 11) is 0. The number of nitrogens with zero attached hydrogens (tertiary/aromatic N) is 1. The number of carbonyl (C=O) groups is 2. The number of fused-ring (bicyclic) bond motifs is 1. The summed E-state index contributed by atoms with van der Waals surface area (Å²) < 4.78 is 26.4. The van der Waals surface area contributed by atoms with Gasteiger partial charge in [0.1, 0.15) is 0 Å². The fourth-order valence-electron chi connectivity index (χ4n) is 2.23. The van der Waals surface area contributed by atoms with Gasteiger partial charge in [0.05, 0.1) is 11.3 Å². The standard InChI is InChI=1S/C14H14ClF2NO2/c15-5-3-1-2-4-6-18-12-8-11(17)10(16)7-9(12)13(19)14(18)20/h7-8H,1-6H2. The topological polar surface area (TPSA) is 37.4 Å². The van der Waals surface area contributed by atoms with Gasteiger partial charge in [-0.05, 0) is 18.9 Å². The summed E-state index contributed by atoms with van der Waals surface area (Å²) in [5.41, 5.74) is 0.103. The van der Waals surface area contributed by atoms with Crippen LogP contribution in [0, 0.1) is 11.6 Å². The summed E-state index contributed by atoms with van der Waals surface area (Å²) in [5.74, 6) is -3.08. The van der Waals surface area contributed by atoms with E-state index in [-0.39, 0.29) is 11.3 Å². The van der Waals surface area contributed by atoms with Crippen LogP contribution in [0.4, 0.5) is 14.5 Å². The Morgan fingerprint density at radius 2 is 1.65 bits per heavy atom. The molecule has 1 amide bonds. The van der Waals surface area contributed by atoms with Gasteiger partial charge in [-0.1, -0.05) is 12.8 Å². The highest BCUT2D eigenvalue weighted by Gasteiger charge is 2.36. The maximum Gasteiger partial charge on any atom is 0.299 e. The van der Waals surface area contributed by atoms with E-state index in [1.54, 1.807) is 0 Å². The van der Waals surface area contributed by atoms with Crippen LogP contribution in [0.3, 0.4) is 0 Å². The van der Waals surface area contributed by atoms with Crippen molar-refractivity contribution in [1.82, 2.24) is 0 Å². The number of rotatable bonds is 6. The third kappa shape index (κ3) is 2.82. The number of halogens is 3. The molecule has 0 saturated heterocycles. The van der Waals surface area contributed by atoms with E-state index in [0.717, 1.165) is 31.4 Å². The van der Waals surface area contributed by atoms with E-state index in [0.29, 0.717) is 18.8 Å². The third-order valence-electron chi connectivity index (χ3n) is 3.28. The molecule has 1 heterocycles. The van der Waals surface area contributed by atoms with E-state index < -0.39 is 23.3 Å². The van der Waals surface area contributed by atoms with E-state index in [2.05, 4.69) is 0 Å². The quantitative estimate of drug-likeness (QED) is 0.459. The molecule has 0 unspecified atom stereocenters. The average molecular weight is 302 g/mol. The third-order valence-corrected chi connectivity index (χ3v) is 3.55. The van der Waals surface area contributed by atoms with Crippen molar-refractivity contribution >= 4 is 29.0 Å². The lowest BCUT2D eigenvalue weighted by Crippen LogP contribution is -2.30. The lowest BCUT2D eigenvalue weighted by Gasteiger charge is -2.16. The second-order valence-electron chi connectivity index (χ2n) is 4.67. The van der Waals surface area contributed by atoms with E-state index in [9.17, 15) is 18.4 Å². The molecule has 0 bridgehead atoms. The average Bonchev–Trinajstić information content (AvgIpc) is 2.64. The van der Waals surface area contributed by atoms with Crippen LogP contribution >= 0.6 is 11.6 Å². The molecule has 2 rings (SSSR count). The Labute approximate surface area is 120 Å². The van der Waals surface area contributed by atoms with Gasteiger partial charge >= 0.3 is 0 Å². The zero-order valence-corrected chi connectivity index (χ0v) is 11.6. The molecule has 1 aromatic rings. The predicted octanol–water partition coefficient (Wildman–Crippen LogP) is 3.29. The van der Waals surface area contributed by atoms with Gasteiger partial charge in [0.2, 0.25) is 0 Å². The van der Waals surface area contributed by atoms with Gasteiger partial charge in [-0.3, -0.25) is 9.59 Å². The number of Topliss-reactive ketones (excluding diaryl/α,β-unsaturated/α-hetero) is 1. The first kappa shape index (κ1) is 14.9. The molecular weight excluding hydrogens is 288 g/mol. The molecule has 0 aliphatic carbocycles. The van der Waals surface area contributed by atoms with Crippen molar-refractivity contribution in [1.29, 1.82) is 0 Å². The monoisotopic (exact) mass is 301 g/mol. The fourth-order valence-corrected chi connectivity index (χ4v) is 2.42. The molecular formula is C14H14ClF2NO2. The van der Waals surface area contributed by atoms with Gasteiger partial charge < -0.3 is 4.90 Å². The molecule has 108 valence electrons. The van der Waals surface area contributed by atoms with Crippen molar-refractivity contribution in [2.75, 3.05) is 17.3 Å². The number of hydrogen-bond acceptors (Lipinski definition) is 2. The van der Waals surface area contributed by atoms with Crippen LogP contribution in [-0.2, 0) is 4.79 Å². The number of amides is 1. The lowest BCUT2D eigenvalue weighted by atomic mass is 10.1. The minimum Gasteiger partial charge on any atom is -0.305 e. The highest BCUT2D eigenvalue weighted by molar-refractivity contribution is 6.52. The molecule has 0 atom stereocenters. The number of hydrogen-bond donors (Lipinski definition) is 0. The van der Waals surface area contributed by atoms with E-state index in [1.807, 2.05) is 0 Å². The van der Waals surface area contributed by atoms with Crippen LogP contribution in [-0.4, -0.2) is 24.1 Å². The van der Waals surface area contributed by atoms with Gasteiger partial charge in [0, 0.05) is 18.5 Å². The van der Waals surface area contributed by atoms with Crippen molar-refractivity contribution in [2.45, 2.75) is 25.7 Å². The summed E-state index contributed by atoms with van der Waals surface area (Å²) >= 11 is 5.56. The van der Waals surface area contributed by atoms with Crippen molar-refractivity contribution < 1.29 is 18.4 Å². The molecule has 6 heteroatoms. The van der Waals surface area contributed by atoms with Crippen molar-refractivity contribution in [3.63, 3.8) is 0 Å². The zero-order chi connectivity index (χ0) is 14.7. The molecule has 0 aromatic heterocycles. The highest BCUT2D eigenvalue weighted by Crippen LogP contribution is 2.31. The maximum atomic E-state index is 13.3. The normalized spacial score (nSPS) is 14.1. The molecule has 0 N–H and O–H groups in total. The van der Waals surface area contributed by atoms with Crippen LogP contribution in [0.5, 0.6) is 0 Å². The number of carbonyl (C=O) groups excluding carboxylic acids is 2. The smallest absolute Gasteiger partial charge is 0.299 e. The van der Waals surface area contributed by atoms with Gasteiger partial charge in [-0.2, -0.15) is 0 Å². The molecule has 20 heavy (non-hydrogen) atoms. The number of alkyl halides is 1.